The summed E-state index contributed by atoms with van der Waals surface area (Å²) in [5.41, 5.74) is 13.9. The second-order valence-corrected chi connectivity index (χ2v) is 4.97. The number of carboxylic acids is 2. The van der Waals surface area contributed by atoms with Crippen LogP contribution in [0.25, 0.3) is 0 Å². The number of unbranched alkanes of at least 4 members (excludes halogenated alkanes) is 1. The monoisotopic (exact) mass is 318 g/mol. The van der Waals surface area contributed by atoms with Crippen LogP contribution in [0.15, 0.2) is 0 Å². The van der Waals surface area contributed by atoms with Crippen molar-refractivity contribution < 1.29 is 29.4 Å². The van der Waals surface area contributed by atoms with E-state index in [4.69, 9.17) is 27.4 Å². The second kappa shape index (κ2) is 8.95. The predicted molar refractivity (Wildman–Crippen MR) is 75.2 cm³/mol. The molecule has 126 valence electrons. The molecule has 9 N–H and O–H groups in total. The Morgan fingerprint density at radius 1 is 1.09 bits per heavy atom. The second-order valence-electron chi connectivity index (χ2n) is 4.97. The van der Waals surface area contributed by atoms with Crippen LogP contribution in [0.4, 0.5) is 0 Å². The van der Waals surface area contributed by atoms with E-state index < -0.39 is 35.5 Å². The minimum absolute atomic E-state index is 0.0319. The maximum Gasteiger partial charge on any atom is 0.344 e. The summed E-state index contributed by atoms with van der Waals surface area (Å²) < 4.78 is 0. The van der Waals surface area contributed by atoms with Crippen molar-refractivity contribution in [3.05, 3.63) is 0 Å². The fraction of sp³-hybridized carbons (Fsp3) is 0.667. The molecule has 0 aromatic heterocycles. The molecule has 0 rings (SSSR count). The molecule has 0 aliphatic heterocycles. The quantitative estimate of drug-likeness (QED) is 0.187. The van der Waals surface area contributed by atoms with Gasteiger partial charge in [-0.3, -0.25) is 20.1 Å². The average Bonchev–Trinajstić information content (AvgIpc) is 2.40. The van der Waals surface area contributed by atoms with Crippen molar-refractivity contribution in [1.82, 2.24) is 5.32 Å². The molecule has 0 fully saturated rings. The molecular weight excluding hydrogens is 296 g/mol. The van der Waals surface area contributed by atoms with Gasteiger partial charge in [0.25, 0.3) is 0 Å². The summed E-state index contributed by atoms with van der Waals surface area (Å²) in [4.78, 5) is 44.0. The van der Waals surface area contributed by atoms with E-state index >= 15 is 0 Å². The van der Waals surface area contributed by atoms with Crippen molar-refractivity contribution in [2.75, 3.05) is 0 Å². The van der Waals surface area contributed by atoms with Crippen LogP contribution in [0.1, 0.15) is 38.5 Å². The first-order valence-electron chi connectivity index (χ1n) is 6.68. The van der Waals surface area contributed by atoms with Crippen LogP contribution in [0.3, 0.4) is 0 Å². The predicted octanol–water partition coefficient (Wildman–Crippen LogP) is -1.92. The van der Waals surface area contributed by atoms with E-state index in [1.54, 1.807) is 0 Å². The van der Waals surface area contributed by atoms with E-state index in [0.717, 1.165) is 0 Å². The van der Waals surface area contributed by atoms with Gasteiger partial charge in [-0.1, -0.05) is 0 Å². The SMILES string of the molecule is NC(=O)[C@@H](N)CCC(=O)N[C@@](N)(CCCCC(=O)O)C(=O)O. The molecule has 22 heavy (non-hydrogen) atoms. The highest BCUT2D eigenvalue weighted by molar-refractivity contribution is 5.87. The molecule has 0 aliphatic rings. The van der Waals surface area contributed by atoms with Crippen molar-refractivity contribution >= 4 is 23.8 Å². The van der Waals surface area contributed by atoms with Gasteiger partial charge in [-0.2, -0.15) is 0 Å². The highest BCUT2D eigenvalue weighted by Crippen LogP contribution is 2.11. The van der Waals surface area contributed by atoms with Gasteiger partial charge in [0.05, 0.1) is 6.04 Å². The molecule has 10 nitrogen and oxygen atoms in total. The third-order valence-corrected chi connectivity index (χ3v) is 3.00. The van der Waals surface area contributed by atoms with Gasteiger partial charge in [0.15, 0.2) is 5.66 Å². The first kappa shape index (κ1) is 19.8. The minimum atomic E-state index is -1.99. The highest BCUT2D eigenvalue weighted by Gasteiger charge is 2.35. The number of amides is 2. The summed E-state index contributed by atoms with van der Waals surface area (Å²) in [5.74, 6) is -3.88. The summed E-state index contributed by atoms with van der Waals surface area (Å²) in [7, 11) is 0. The molecule has 10 heteroatoms. The minimum Gasteiger partial charge on any atom is -0.481 e. The lowest BCUT2D eigenvalue weighted by molar-refractivity contribution is -0.148. The zero-order chi connectivity index (χ0) is 17.3. The number of nitrogens with two attached hydrogens (primary N) is 3. The fourth-order valence-electron chi connectivity index (χ4n) is 1.64. The molecule has 0 aliphatic carbocycles. The Kier molecular flexibility index (Phi) is 8.05. The van der Waals surface area contributed by atoms with Crippen LogP contribution in [0.5, 0.6) is 0 Å². The zero-order valence-corrected chi connectivity index (χ0v) is 12.1. The summed E-state index contributed by atoms with van der Waals surface area (Å²) in [6.07, 6.45) is -0.0121. The third kappa shape index (κ3) is 7.55. The third-order valence-electron chi connectivity index (χ3n) is 3.00. The topological polar surface area (TPSA) is 199 Å². The van der Waals surface area contributed by atoms with Crippen molar-refractivity contribution in [3.63, 3.8) is 0 Å². The number of carbonyl (C=O) groups excluding carboxylic acids is 2. The van der Waals surface area contributed by atoms with Gasteiger partial charge in [0, 0.05) is 12.8 Å². The molecular formula is C12H22N4O6. The smallest absolute Gasteiger partial charge is 0.344 e. The molecule has 0 heterocycles. The Labute approximate surface area is 127 Å². The van der Waals surface area contributed by atoms with E-state index in [1.807, 2.05) is 0 Å². The molecule has 2 amide bonds. The van der Waals surface area contributed by atoms with E-state index in [-0.39, 0.29) is 38.5 Å². The summed E-state index contributed by atoms with van der Waals surface area (Å²) in [6.45, 7) is 0. The van der Waals surface area contributed by atoms with Gasteiger partial charge in [-0.05, 0) is 25.7 Å². The number of carbonyl (C=O) groups is 4. The summed E-state index contributed by atoms with van der Waals surface area (Å²) in [6, 6.07) is -1.00. The van der Waals surface area contributed by atoms with Crippen LogP contribution < -0.4 is 22.5 Å². The normalized spacial score (nSPS) is 14.6. The molecule has 0 bridgehead atoms. The Morgan fingerprint density at radius 2 is 1.68 bits per heavy atom. The van der Waals surface area contributed by atoms with Crippen molar-refractivity contribution in [2.45, 2.75) is 50.2 Å². The van der Waals surface area contributed by atoms with Gasteiger partial charge in [-0.25, -0.2) is 4.79 Å². The van der Waals surface area contributed by atoms with E-state index in [1.165, 1.54) is 0 Å². The average molecular weight is 318 g/mol. The Hall–Kier alpha value is -2.20. The van der Waals surface area contributed by atoms with Crippen LogP contribution in [-0.4, -0.2) is 45.7 Å². The fourth-order valence-corrected chi connectivity index (χ4v) is 1.64. The summed E-state index contributed by atoms with van der Waals surface area (Å²) in [5, 5.41) is 19.8. The number of rotatable bonds is 11. The van der Waals surface area contributed by atoms with Gasteiger partial charge in [0.1, 0.15) is 0 Å². The van der Waals surface area contributed by atoms with E-state index in [9.17, 15) is 19.2 Å². The summed E-state index contributed by atoms with van der Waals surface area (Å²) >= 11 is 0. The van der Waals surface area contributed by atoms with Gasteiger partial charge < -0.3 is 27.0 Å². The maximum absolute atomic E-state index is 11.7. The number of primary amides is 1. The van der Waals surface area contributed by atoms with Crippen LogP contribution >= 0.6 is 0 Å². The lowest BCUT2D eigenvalue weighted by Crippen LogP contribution is -2.61. The van der Waals surface area contributed by atoms with Crippen LogP contribution in [0.2, 0.25) is 0 Å². The molecule has 0 saturated heterocycles. The van der Waals surface area contributed by atoms with Crippen molar-refractivity contribution in [2.24, 2.45) is 17.2 Å². The molecule has 0 radical (unpaired) electrons. The Morgan fingerprint density at radius 3 is 2.14 bits per heavy atom. The number of hydrogen-bond donors (Lipinski definition) is 6. The van der Waals surface area contributed by atoms with Crippen molar-refractivity contribution in [1.29, 1.82) is 0 Å². The van der Waals surface area contributed by atoms with Crippen molar-refractivity contribution in [3.8, 4) is 0 Å². The lowest BCUT2D eigenvalue weighted by Gasteiger charge is -2.26. The van der Waals surface area contributed by atoms with Gasteiger partial charge in [-0.15, -0.1) is 0 Å². The number of carboxylic acid groups (broad SMARTS) is 2. The van der Waals surface area contributed by atoms with E-state index in [2.05, 4.69) is 5.32 Å². The number of aliphatic carboxylic acids is 2. The lowest BCUT2D eigenvalue weighted by atomic mass is 10.0. The number of nitrogens with one attached hydrogen (secondary N) is 1. The van der Waals surface area contributed by atoms with Crippen LogP contribution in [0, 0.1) is 0 Å². The Balaban J connectivity index is 4.42. The number of hydrogen-bond acceptors (Lipinski definition) is 6. The highest BCUT2D eigenvalue weighted by atomic mass is 16.4. The molecule has 0 spiro atoms. The van der Waals surface area contributed by atoms with Gasteiger partial charge >= 0.3 is 11.9 Å². The first-order valence-corrected chi connectivity index (χ1v) is 6.68. The molecule has 0 aromatic carbocycles. The Bertz CT molecular complexity index is 441. The first-order chi connectivity index (χ1) is 10.1. The molecule has 0 saturated carbocycles. The largest absolute Gasteiger partial charge is 0.481 e. The molecule has 2 atom stereocenters. The molecule has 0 aromatic rings. The standard InChI is InChI=1S/C12H22N4O6/c13-7(10(14)20)4-5-8(17)16-12(15,11(21)22)6-2-1-3-9(18)19/h7H,1-6,13,15H2,(H2,14,20)(H,16,17)(H,18,19)(H,21,22)/t7-,12-/m0/s1. The van der Waals surface area contributed by atoms with Crippen LogP contribution in [-0.2, 0) is 19.2 Å². The maximum atomic E-state index is 11.7. The van der Waals surface area contributed by atoms with E-state index in [0.29, 0.717) is 0 Å². The molecule has 0 unspecified atom stereocenters. The van der Waals surface area contributed by atoms with Gasteiger partial charge in [0.2, 0.25) is 11.8 Å². The zero-order valence-electron chi connectivity index (χ0n) is 12.1.